The zero-order chi connectivity index (χ0) is 15.0. The van der Waals surface area contributed by atoms with E-state index in [4.69, 9.17) is 9.47 Å². The van der Waals surface area contributed by atoms with Crippen molar-refractivity contribution < 1.29 is 9.47 Å². The molecule has 0 saturated heterocycles. The second kappa shape index (κ2) is 11.1. The molecule has 1 aromatic carbocycles. The van der Waals surface area contributed by atoms with Gasteiger partial charge in [0.25, 0.3) is 0 Å². The van der Waals surface area contributed by atoms with Crippen LogP contribution in [0.1, 0.15) is 12.5 Å². The van der Waals surface area contributed by atoms with E-state index in [1.54, 1.807) is 21.3 Å². The summed E-state index contributed by atoms with van der Waals surface area (Å²) in [6, 6.07) is 6.18. The summed E-state index contributed by atoms with van der Waals surface area (Å²) in [5.41, 5.74) is 1.14. The molecule has 0 aliphatic heterocycles. The van der Waals surface area contributed by atoms with Crippen LogP contribution in [0.4, 0.5) is 0 Å². The first kappa shape index (κ1) is 20.5. The summed E-state index contributed by atoms with van der Waals surface area (Å²) in [5.74, 6) is 1.58. The molecule has 0 amide bonds. The Bertz CT molecular complexity index is 458. The smallest absolute Gasteiger partial charge is 0.191 e. The molecule has 0 heterocycles. The molecule has 1 rings (SSSR count). The predicted octanol–water partition coefficient (Wildman–Crippen LogP) is 2.78. The van der Waals surface area contributed by atoms with Crippen LogP contribution < -0.4 is 15.4 Å². The minimum atomic E-state index is 0. The third kappa shape index (κ3) is 7.32. The molecule has 1 unspecified atom stereocenters. The van der Waals surface area contributed by atoms with E-state index in [0.717, 1.165) is 21.7 Å². The first-order chi connectivity index (χ1) is 9.60. The zero-order valence-corrected chi connectivity index (χ0v) is 16.7. The largest absolute Gasteiger partial charge is 0.496 e. The molecule has 0 aromatic heterocycles. The van der Waals surface area contributed by atoms with E-state index < -0.39 is 0 Å². The zero-order valence-electron chi connectivity index (χ0n) is 12.8. The first-order valence-electron chi connectivity index (χ1n) is 6.39. The van der Waals surface area contributed by atoms with E-state index >= 15 is 0 Å². The fourth-order valence-electron chi connectivity index (χ4n) is 1.73. The number of guanidine groups is 1. The number of ether oxygens (including phenoxy) is 2. The van der Waals surface area contributed by atoms with Crippen LogP contribution in [0.5, 0.6) is 5.75 Å². The molecule has 0 bridgehead atoms. The highest BCUT2D eigenvalue weighted by atomic mass is 127. The molecule has 0 aliphatic carbocycles. The number of halogens is 2. The summed E-state index contributed by atoms with van der Waals surface area (Å²) in [6.07, 6.45) is 0. The van der Waals surface area contributed by atoms with E-state index in [-0.39, 0.29) is 30.0 Å². The molecule has 1 atom stereocenters. The van der Waals surface area contributed by atoms with E-state index in [2.05, 4.69) is 31.6 Å². The fraction of sp³-hybridized carbons (Fsp3) is 0.500. The molecule has 0 radical (unpaired) electrons. The average Bonchev–Trinajstić information content (AvgIpc) is 2.43. The van der Waals surface area contributed by atoms with Crippen LogP contribution >= 0.6 is 39.9 Å². The van der Waals surface area contributed by atoms with Gasteiger partial charge in [0.1, 0.15) is 5.75 Å². The van der Waals surface area contributed by atoms with Crippen molar-refractivity contribution in [3.63, 3.8) is 0 Å². The quantitative estimate of drug-likeness (QED) is 0.380. The van der Waals surface area contributed by atoms with Crippen LogP contribution in [0.25, 0.3) is 0 Å². The maximum Gasteiger partial charge on any atom is 0.191 e. The number of nitrogens with one attached hydrogen (secondary N) is 2. The molecule has 2 N–H and O–H groups in total. The van der Waals surface area contributed by atoms with Crippen molar-refractivity contribution in [3.8, 4) is 5.75 Å². The second-order valence-electron chi connectivity index (χ2n) is 4.40. The Balaban J connectivity index is 0.00000400. The predicted molar refractivity (Wildman–Crippen MR) is 101 cm³/mol. The molecule has 1 aromatic rings. The standard InChI is InChI=1S/C14H22BrN3O2.HI/c1-10(9-19-3)18-14(16-2)17-8-11-5-6-13(20-4)12(15)7-11;/h5-7,10H,8-9H2,1-4H3,(H2,16,17,18);1H. The summed E-state index contributed by atoms with van der Waals surface area (Å²) in [5, 5.41) is 6.51. The monoisotopic (exact) mass is 471 g/mol. The number of rotatable bonds is 6. The Morgan fingerprint density at radius 2 is 2.10 bits per heavy atom. The normalized spacial score (nSPS) is 12.3. The lowest BCUT2D eigenvalue weighted by Gasteiger charge is -2.17. The highest BCUT2D eigenvalue weighted by Gasteiger charge is 2.05. The topological polar surface area (TPSA) is 54.9 Å². The second-order valence-corrected chi connectivity index (χ2v) is 5.25. The number of benzene rings is 1. The molecule has 7 heteroatoms. The highest BCUT2D eigenvalue weighted by Crippen LogP contribution is 2.25. The number of hydrogen-bond acceptors (Lipinski definition) is 3. The van der Waals surface area contributed by atoms with Crippen LogP contribution in [-0.4, -0.2) is 39.9 Å². The van der Waals surface area contributed by atoms with Gasteiger partial charge in [-0.05, 0) is 40.5 Å². The Labute approximate surface area is 152 Å². The molecule has 0 saturated carbocycles. The van der Waals surface area contributed by atoms with Gasteiger partial charge < -0.3 is 20.1 Å². The van der Waals surface area contributed by atoms with E-state index in [1.165, 1.54) is 0 Å². The molecule has 5 nitrogen and oxygen atoms in total. The Hall–Kier alpha value is -0.540. The maximum absolute atomic E-state index is 5.21. The summed E-state index contributed by atoms with van der Waals surface area (Å²) in [4.78, 5) is 4.18. The lowest BCUT2D eigenvalue weighted by molar-refractivity contribution is 0.179. The third-order valence-electron chi connectivity index (χ3n) is 2.70. The van der Waals surface area contributed by atoms with Crippen LogP contribution in [0.15, 0.2) is 27.7 Å². The third-order valence-corrected chi connectivity index (χ3v) is 3.32. The molecule has 0 spiro atoms. The van der Waals surface area contributed by atoms with Gasteiger partial charge in [0.2, 0.25) is 0 Å². The SMILES string of the molecule is CN=C(NCc1ccc(OC)c(Br)c1)NC(C)COC.I. The number of nitrogens with zero attached hydrogens (tertiary/aromatic N) is 1. The maximum atomic E-state index is 5.21. The van der Waals surface area contributed by atoms with Crippen LogP contribution in [-0.2, 0) is 11.3 Å². The molecular weight excluding hydrogens is 449 g/mol. The lowest BCUT2D eigenvalue weighted by Crippen LogP contribution is -2.43. The van der Waals surface area contributed by atoms with E-state index in [1.807, 2.05) is 25.1 Å². The molecule has 0 fully saturated rings. The van der Waals surface area contributed by atoms with E-state index in [9.17, 15) is 0 Å². The minimum absolute atomic E-state index is 0. The molecule has 120 valence electrons. The van der Waals surface area contributed by atoms with Gasteiger partial charge >= 0.3 is 0 Å². The van der Waals surface area contributed by atoms with Crippen LogP contribution in [0.3, 0.4) is 0 Å². The summed E-state index contributed by atoms with van der Waals surface area (Å²) in [6.45, 7) is 3.36. The number of hydrogen-bond donors (Lipinski definition) is 2. The van der Waals surface area contributed by atoms with Gasteiger partial charge in [-0.2, -0.15) is 0 Å². The van der Waals surface area contributed by atoms with Crippen LogP contribution in [0.2, 0.25) is 0 Å². The average molecular weight is 472 g/mol. The van der Waals surface area contributed by atoms with Crippen molar-refractivity contribution in [1.82, 2.24) is 10.6 Å². The molecular formula is C14H23BrIN3O2. The van der Waals surface area contributed by atoms with Crippen molar-refractivity contribution in [2.75, 3.05) is 27.9 Å². The van der Waals surface area contributed by atoms with Gasteiger partial charge in [-0.1, -0.05) is 6.07 Å². The van der Waals surface area contributed by atoms with Crippen molar-refractivity contribution in [2.24, 2.45) is 4.99 Å². The van der Waals surface area contributed by atoms with Crippen molar-refractivity contribution in [3.05, 3.63) is 28.2 Å². The van der Waals surface area contributed by atoms with Crippen molar-refractivity contribution in [2.45, 2.75) is 19.5 Å². The van der Waals surface area contributed by atoms with Gasteiger partial charge in [-0.25, -0.2) is 0 Å². The Morgan fingerprint density at radius 1 is 1.38 bits per heavy atom. The van der Waals surface area contributed by atoms with Gasteiger partial charge in [0.05, 0.1) is 18.2 Å². The van der Waals surface area contributed by atoms with Crippen molar-refractivity contribution >= 4 is 45.9 Å². The Morgan fingerprint density at radius 3 is 2.62 bits per heavy atom. The lowest BCUT2D eigenvalue weighted by atomic mass is 10.2. The first-order valence-corrected chi connectivity index (χ1v) is 7.18. The van der Waals surface area contributed by atoms with Crippen molar-refractivity contribution in [1.29, 1.82) is 0 Å². The molecule has 0 aliphatic rings. The van der Waals surface area contributed by atoms with Crippen LogP contribution in [0, 0.1) is 0 Å². The number of aliphatic imine (C=N–C) groups is 1. The molecule has 21 heavy (non-hydrogen) atoms. The fourth-order valence-corrected chi connectivity index (χ4v) is 2.31. The Kier molecular flexibility index (Phi) is 10.8. The summed E-state index contributed by atoms with van der Waals surface area (Å²) < 4.78 is 11.2. The van der Waals surface area contributed by atoms with Gasteiger partial charge in [0, 0.05) is 26.7 Å². The van der Waals surface area contributed by atoms with Gasteiger partial charge in [0.15, 0.2) is 5.96 Å². The highest BCUT2D eigenvalue weighted by molar-refractivity contribution is 14.0. The number of methoxy groups -OCH3 is 2. The van der Waals surface area contributed by atoms with Gasteiger partial charge in [-0.15, -0.1) is 24.0 Å². The summed E-state index contributed by atoms with van der Waals surface area (Å²) in [7, 11) is 5.09. The summed E-state index contributed by atoms with van der Waals surface area (Å²) >= 11 is 3.48. The van der Waals surface area contributed by atoms with Gasteiger partial charge in [-0.3, -0.25) is 4.99 Å². The minimum Gasteiger partial charge on any atom is -0.496 e. The van der Waals surface area contributed by atoms with E-state index in [0.29, 0.717) is 13.2 Å².